The first kappa shape index (κ1) is 15.6. The molecule has 0 amide bonds. The summed E-state index contributed by atoms with van der Waals surface area (Å²) in [5.41, 5.74) is 0.749. The Kier molecular flexibility index (Phi) is 4.55. The number of hydrogen-bond donors (Lipinski definition) is 1. The molecule has 118 valence electrons. The fourth-order valence-corrected chi connectivity index (χ4v) is 4.25. The van der Waals surface area contributed by atoms with E-state index in [0.29, 0.717) is 28.7 Å². The van der Waals surface area contributed by atoms with Crippen molar-refractivity contribution in [2.24, 2.45) is 5.41 Å². The molecule has 2 fully saturated rings. The van der Waals surface area contributed by atoms with Crippen LogP contribution in [0.1, 0.15) is 44.6 Å². The van der Waals surface area contributed by atoms with Gasteiger partial charge in [0, 0.05) is 18.1 Å². The number of anilines is 1. The van der Waals surface area contributed by atoms with Crippen LogP contribution in [0.3, 0.4) is 0 Å². The smallest absolute Gasteiger partial charge is 0.189 e. The molecule has 2 atom stereocenters. The van der Waals surface area contributed by atoms with Crippen LogP contribution in [0.4, 0.5) is 5.82 Å². The Morgan fingerprint density at radius 2 is 2.27 bits per heavy atom. The molecule has 0 bridgehead atoms. The third-order valence-electron chi connectivity index (χ3n) is 5.07. The Morgan fingerprint density at radius 1 is 1.50 bits per heavy atom. The molecular formula is C16H22N4OS. The zero-order chi connectivity index (χ0) is 15.6. The van der Waals surface area contributed by atoms with Gasteiger partial charge in [0.15, 0.2) is 5.16 Å². The molecular weight excluding hydrogens is 296 g/mol. The third kappa shape index (κ3) is 2.57. The van der Waals surface area contributed by atoms with E-state index in [-0.39, 0.29) is 5.41 Å². The predicted octanol–water partition coefficient (Wildman–Crippen LogP) is 3.22. The van der Waals surface area contributed by atoms with Crippen molar-refractivity contribution in [1.82, 2.24) is 9.97 Å². The predicted molar refractivity (Wildman–Crippen MR) is 86.9 cm³/mol. The highest BCUT2D eigenvalue weighted by Gasteiger charge is 2.56. The molecule has 22 heavy (non-hydrogen) atoms. The van der Waals surface area contributed by atoms with E-state index in [1.54, 1.807) is 6.20 Å². The van der Waals surface area contributed by atoms with E-state index in [2.05, 4.69) is 28.3 Å². The van der Waals surface area contributed by atoms with Gasteiger partial charge in [-0.05, 0) is 32.4 Å². The summed E-state index contributed by atoms with van der Waals surface area (Å²) in [5, 5.41) is 13.5. The number of nitrogens with one attached hydrogen (secondary N) is 1. The summed E-state index contributed by atoms with van der Waals surface area (Å²) < 4.78 is 5.94. The highest BCUT2D eigenvalue weighted by atomic mass is 32.2. The maximum Gasteiger partial charge on any atom is 0.189 e. The van der Waals surface area contributed by atoms with Gasteiger partial charge in [-0.15, -0.1) is 0 Å². The van der Waals surface area contributed by atoms with E-state index in [1.807, 2.05) is 6.26 Å². The Labute approximate surface area is 135 Å². The Morgan fingerprint density at radius 3 is 2.91 bits per heavy atom. The maximum atomic E-state index is 9.28. The van der Waals surface area contributed by atoms with E-state index in [1.165, 1.54) is 37.4 Å². The van der Waals surface area contributed by atoms with Crippen molar-refractivity contribution in [2.75, 3.05) is 18.2 Å². The lowest BCUT2D eigenvalue weighted by molar-refractivity contribution is -0.114. The van der Waals surface area contributed by atoms with Crippen LogP contribution in [0.15, 0.2) is 11.4 Å². The number of hydrogen-bond acceptors (Lipinski definition) is 6. The second kappa shape index (κ2) is 6.43. The third-order valence-corrected chi connectivity index (χ3v) is 5.63. The van der Waals surface area contributed by atoms with Crippen LogP contribution in [0.2, 0.25) is 0 Å². The fraction of sp³-hybridized carbons (Fsp3) is 0.688. The number of ether oxygens (including phenoxy) is 1. The summed E-state index contributed by atoms with van der Waals surface area (Å²) in [6.07, 6.45) is 9.86. The van der Waals surface area contributed by atoms with Crippen LogP contribution in [-0.2, 0) is 4.74 Å². The van der Waals surface area contributed by atoms with Gasteiger partial charge in [-0.1, -0.05) is 24.6 Å². The van der Waals surface area contributed by atoms with Gasteiger partial charge >= 0.3 is 0 Å². The number of nitrogens with zero attached hydrogens (tertiary/aromatic N) is 3. The normalized spacial score (nSPS) is 25.7. The minimum atomic E-state index is 0.229. The molecule has 2 saturated carbocycles. The number of thioether (sulfide) groups is 1. The minimum Gasteiger partial charge on any atom is -0.378 e. The van der Waals surface area contributed by atoms with Gasteiger partial charge in [0.25, 0.3) is 0 Å². The van der Waals surface area contributed by atoms with E-state index in [9.17, 15) is 5.26 Å². The van der Waals surface area contributed by atoms with Gasteiger partial charge in [-0.2, -0.15) is 5.26 Å². The standard InChI is InChI=1S/C16H22N4OS/c1-3-21-13-8-12(16(13)6-4-5-7-16)19-14-11(9-17)10-18-15(20-14)22-2/h10,12-13H,3-8H2,1-2H3,(H,18,19,20)/t12-,13+/m1/s1. The van der Waals surface area contributed by atoms with E-state index in [4.69, 9.17) is 4.74 Å². The van der Waals surface area contributed by atoms with Crippen LogP contribution in [-0.4, -0.2) is 35.0 Å². The van der Waals surface area contributed by atoms with Crippen LogP contribution in [0.25, 0.3) is 0 Å². The first-order valence-corrected chi connectivity index (χ1v) is 9.15. The molecule has 0 unspecified atom stereocenters. The molecule has 3 rings (SSSR count). The Balaban J connectivity index is 1.80. The molecule has 6 heteroatoms. The van der Waals surface area contributed by atoms with Gasteiger partial charge in [0.05, 0.1) is 12.3 Å². The van der Waals surface area contributed by atoms with Crippen molar-refractivity contribution in [3.8, 4) is 6.07 Å². The molecule has 1 aromatic rings. The Bertz CT molecular complexity index is 580. The summed E-state index contributed by atoms with van der Waals surface area (Å²) >= 11 is 1.49. The molecule has 5 nitrogen and oxygen atoms in total. The summed E-state index contributed by atoms with van der Waals surface area (Å²) in [6.45, 7) is 2.83. The van der Waals surface area contributed by atoms with Crippen molar-refractivity contribution < 1.29 is 4.74 Å². The zero-order valence-electron chi connectivity index (χ0n) is 13.1. The molecule has 2 aliphatic rings. The molecule has 1 heterocycles. The quantitative estimate of drug-likeness (QED) is 0.664. The molecule has 1 aromatic heterocycles. The molecule has 1 N–H and O–H groups in total. The van der Waals surface area contributed by atoms with E-state index in [0.717, 1.165) is 13.0 Å². The van der Waals surface area contributed by atoms with Gasteiger partial charge < -0.3 is 10.1 Å². The fourth-order valence-electron chi connectivity index (χ4n) is 3.91. The second-order valence-electron chi connectivity index (χ2n) is 6.05. The first-order chi connectivity index (χ1) is 10.7. The highest BCUT2D eigenvalue weighted by Crippen LogP contribution is 2.55. The molecule has 2 aliphatic carbocycles. The van der Waals surface area contributed by atoms with Crippen molar-refractivity contribution in [1.29, 1.82) is 5.26 Å². The monoisotopic (exact) mass is 318 g/mol. The molecule has 0 radical (unpaired) electrons. The molecule has 1 spiro atoms. The van der Waals surface area contributed by atoms with Gasteiger partial charge in [0.1, 0.15) is 17.5 Å². The lowest BCUT2D eigenvalue weighted by Crippen LogP contribution is -2.60. The average molecular weight is 318 g/mol. The van der Waals surface area contributed by atoms with Crippen LogP contribution < -0.4 is 5.32 Å². The largest absolute Gasteiger partial charge is 0.378 e. The average Bonchev–Trinajstić information content (AvgIpc) is 3.06. The maximum absolute atomic E-state index is 9.28. The summed E-state index contributed by atoms with van der Waals surface area (Å²) in [7, 11) is 0. The molecule has 0 aromatic carbocycles. The first-order valence-electron chi connectivity index (χ1n) is 7.92. The second-order valence-corrected chi connectivity index (χ2v) is 6.82. The molecule has 0 saturated heterocycles. The number of nitriles is 1. The number of aromatic nitrogens is 2. The lowest BCUT2D eigenvalue weighted by atomic mass is 9.60. The van der Waals surface area contributed by atoms with Crippen molar-refractivity contribution >= 4 is 17.6 Å². The Hall–Kier alpha value is -1.32. The van der Waals surface area contributed by atoms with Gasteiger partial charge in [-0.3, -0.25) is 0 Å². The van der Waals surface area contributed by atoms with Crippen molar-refractivity contribution in [3.05, 3.63) is 11.8 Å². The zero-order valence-corrected chi connectivity index (χ0v) is 13.9. The van der Waals surface area contributed by atoms with E-state index >= 15 is 0 Å². The van der Waals surface area contributed by atoms with Crippen molar-refractivity contribution in [2.45, 2.75) is 56.3 Å². The SMILES string of the molecule is CCO[C@H]1C[C@@H](Nc2nc(SC)ncc2C#N)C12CCCC2. The summed E-state index contributed by atoms with van der Waals surface area (Å²) in [5.74, 6) is 0.674. The van der Waals surface area contributed by atoms with E-state index < -0.39 is 0 Å². The van der Waals surface area contributed by atoms with Gasteiger partial charge in [-0.25, -0.2) is 9.97 Å². The minimum absolute atomic E-state index is 0.229. The van der Waals surface area contributed by atoms with Crippen LogP contribution in [0.5, 0.6) is 0 Å². The summed E-state index contributed by atoms with van der Waals surface area (Å²) in [6, 6.07) is 2.54. The van der Waals surface area contributed by atoms with Gasteiger partial charge in [0.2, 0.25) is 0 Å². The topological polar surface area (TPSA) is 70.8 Å². The summed E-state index contributed by atoms with van der Waals surface area (Å²) in [4.78, 5) is 8.66. The van der Waals surface area contributed by atoms with Crippen LogP contribution >= 0.6 is 11.8 Å². The molecule has 0 aliphatic heterocycles. The van der Waals surface area contributed by atoms with Crippen LogP contribution in [0, 0.1) is 16.7 Å². The number of rotatable bonds is 5. The lowest BCUT2D eigenvalue weighted by Gasteiger charge is -2.54. The van der Waals surface area contributed by atoms with Crippen molar-refractivity contribution in [3.63, 3.8) is 0 Å². The highest BCUT2D eigenvalue weighted by molar-refractivity contribution is 7.98.